The Bertz CT molecular complexity index is 855. The molecule has 0 saturated carbocycles. The monoisotopic (exact) mass is 387 g/mol. The van der Waals surface area contributed by atoms with Crippen molar-refractivity contribution in [2.45, 2.75) is 17.4 Å². The number of anilines is 1. The molecule has 3 rings (SSSR count). The first-order chi connectivity index (χ1) is 12.2. The number of benzene rings is 1. The van der Waals surface area contributed by atoms with Gasteiger partial charge in [0.1, 0.15) is 11.2 Å². The molecule has 1 aliphatic rings. The Balaban J connectivity index is 1.80. The molecule has 1 saturated heterocycles. The maximum atomic E-state index is 14.7. The number of amides is 1. The first-order valence-electron chi connectivity index (χ1n) is 7.59. The van der Waals surface area contributed by atoms with Crippen LogP contribution in [0.25, 0.3) is 0 Å². The van der Waals surface area contributed by atoms with E-state index in [1.165, 1.54) is 17.8 Å². The number of ether oxygens (including phenoxy) is 1. The van der Waals surface area contributed by atoms with Gasteiger partial charge in [-0.3, -0.25) is 4.79 Å². The zero-order chi connectivity index (χ0) is 19.1. The van der Waals surface area contributed by atoms with Crippen LogP contribution in [-0.4, -0.2) is 33.8 Å². The topological polar surface area (TPSA) is 78.3 Å². The van der Waals surface area contributed by atoms with Crippen LogP contribution in [0.4, 0.5) is 18.9 Å². The highest BCUT2D eigenvalue weighted by molar-refractivity contribution is 7.89. The molecule has 2 heterocycles. The van der Waals surface area contributed by atoms with E-state index in [2.05, 4.69) is 10.0 Å². The summed E-state index contributed by atoms with van der Waals surface area (Å²) in [6.45, 7) is 2.47. The van der Waals surface area contributed by atoms with Crippen LogP contribution in [0.1, 0.15) is 17.4 Å². The number of aromatic nitrogens is 1. The molecule has 1 aromatic heterocycles. The number of carbonyl (C=O) groups is 1. The van der Waals surface area contributed by atoms with E-state index in [9.17, 15) is 22.5 Å². The largest absolute Gasteiger partial charge is 0.593 e. The second kappa shape index (κ2) is 6.95. The summed E-state index contributed by atoms with van der Waals surface area (Å²) in [7, 11) is 1.41. The van der Waals surface area contributed by atoms with Crippen molar-refractivity contribution in [2.24, 2.45) is 7.05 Å². The highest BCUT2D eigenvalue weighted by Crippen LogP contribution is 2.25. The fraction of sp³-hybridized carbons (Fsp3) is 0.312. The van der Waals surface area contributed by atoms with Gasteiger partial charge in [-0.05, 0) is 19.1 Å². The minimum Gasteiger partial charge on any atom is -0.593 e. The van der Waals surface area contributed by atoms with Crippen LogP contribution >= 0.6 is 0 Å². The molecule has 1 unspecified atom stereocenters. The molecular formula is C16H16F3N3O3S. The zero-order valence-corrected chi connectivity index (χ0v) is 14.8. The van der Waals surface area contributed by atoms with Crippen molar-refractivity contribution < 1.29 is 27.3 Å². The van der Waals surface area contributed by atoms with E-state index in [4.69, 9.17) is 4.74 Å². The summed E-state index contributed by atoms with van der Waals surface area (Å²) in [6, 6.07) is 2.78. The second-order valence-electron chi connectivity index (χ2n) is 6.27. The Hall–Kier alpha value is -2.01. The van der Waals surface area contributed by atoms with Gasteiger partial charge in [-0.1, -0.05) is 0 Å². The molecular weight excluding hydrogens is 371 g/mol. The van der Waals surface area contributed by atoms with Crippen LogP contribution in [0, 0.1) is 17.5 Å². The smallest absolute Gasteiger partial charge is 0.275 e. The predicted octanol–water partition coefficient (Wildman–Crippen LogP) is 2.10. The van der Waals surface area contributed by atoms with Gasteiger partial charge in [0.2, 0.25) is 10.7 Å². The fourth-order valence-corrected chi connectivity index (χ4v) is 3.66. The van der Waals surface area contributed by atoms with Crippen LogP contribution in [-0.2, 0) is 23.1 Å². The van der Waals surface area contributed by atoms with Gasteiger partial charge in [0.25, 0.3) is 5.91 Å². The molecule has 2 N–H and O–H groups in total. The van der Waals surface area contributed by atoms with Gasteiger partial charge in [-0.15, -0.1) is 4.72 Å². The fourth-order valence-electron chi connectivity index (χ4n) is 2.47. The number of aryl methyl sites for hydroxylation is 1. The quantitative estimate of drug-likeness (QED) is 0.771. The van der Waals surface area contributed by atoms with Gasteiger partial charge in [0.15, 0.2) is 11.6 Å². The van der Waals surface area contributed by atoms with Crippen LogP contribution in [0.2, 0.25) is 0 Å². The lowest BCUT2D eigenvalue weighted by atomic mass is 10.0. The van der Waals surface area contributed by atoms with E-state index >= 15 is 0 Å². The van der Waals surface area contributed by atoms with Crippen molar-refractivity contribution in [2.75, 3.05) is 18.5 Å². The normalized spacial score (nSPS) is 16.8. The van der Waals surface area contributed by atoms with Crippen molar-refractivity contribution in [3.8, 4) is 0 Å². The molecule has 0 aliphatic carbocycles. The highest BCUT2D eigenvalue weighted by atomic mass is 32.2. The summed E-state index contributed by atoms with van der Waals surface area (Å²) >= 11 is -1.89. The van der Waals surface area contributed by atoms with Gasteiger partial charge in [-0.2, -0.15) is 4.39 Å². The number of hydrogen-bond acceptors (Lipinski definition) is 4. The van der Waals surface area contributed by atoms with Gasteiger partial charge in [0.05, 0.1) is 30.8 Å². The van der Waals surface area contributed by atoms with Crippen molar-refractivity contribution in [1.29, 1.82) is 0 Å². The number of hydrogen-bond donors (Lipinski definition) is 2. The molecule has 2 aromatic rings. The van der Waals surface area contributed by atoms with E-state index in [0.29, 0.717) is 13.2 Å². The SMILES string of the molecule is Cn1cc([S+]([O-])NC2(C)COC2)c(F)c1C(=O)Nc1ccc(F)c(F)c1. The van der Waals surface area contributed by atoms with Crippen LogP contribution in [0.5, 0.6) is 0 Å². The van der Waals surface area contributed by atoms with Gasteiger partial charge < -0.3 is 19.2 Å². The lowest BCUT2D eigenvalue weighted by Gasteiger charge is -2.37. The third kappa shape index (κ3) is 3.58. The van der Waals surface area contributed by atoms with E-state index in [0.717, 1.165) is 18.2 Å². The zero-order valence-electron chi connectivity index (χ0n) is 13.9. The number of carbonyl (C=O) groups excluding carboxylic acids is 1. The molecule has 1 aromatic carbocycles. The van der Waals surface area contributed by atoms with E-state index < -0.39 is 40.3 Å². The van der Waals surface area contributed by atoms with Crippen LogP contribution in [0.15, 0.2) is 29.3 Å². The Labute approximate surface area is 150 Å². The Morgan fingerprint density at radius 2 is 2.00 bits per heavy atom. The number of nitrogens with one attached hydrogen (secondary N) is 2. The summed E-state index contributed by atoms with van der Waals surface area (Å²) in [6.07, 6.45) is 1.24. The Morgan fingerprint density at radius 1 is 1.31 bits per heavy atom. The summed E-state index contributed by atoms with van der Waals surface area (Å²) < 4.78 is 62.2. The predicted molar refractivity (Wildman–Crippen MR) is 88.5 cm³/mol. The molecule has 1 fully saturated rings. The Kier molecular flexibility index (Phi) is 5.02. The molecule has 26 heavy (non-hydrogen) atoms. The average molecular weight is 387 g/mol. The molecule has 140 valence electrons. The number of nitrogens with zero attached hydrogens (tertiary/aromatic N) is 1. The van der Waals surface area contributed by atoms with E-state index in [1.54, 1.807) is 6.92 Å². The van der Waals surface area contributed by atoms with Crippen LogP contribution < -0.4 is 10.0 Å². The van der Waals surface area contributed by atoms with E-state index in [1.807, 2.05) is 0 Å². The maximum absolute atomic E-state index is 14.7. The van der Waals surface area contributed by atoms with Crippen molar-refractivity contribution in [3.05, 3.63) is 47.5 Å². The second-order valence-corrected chi connectivity index (χ2v) is 7.46. The molecule has 1 aliphatic heterocycles. The molecule has 10 heteroatoms. The summed E-state index contributed by atoms with van der Waals surface area (Å²) in [5.41, 5.74) is -0.939. The molecule has 1 atom stereocenters. The van der Waals surface area contributed by atoms with E-state index in [-0.39, 0.29) is 16.3 Å². The van der Waals surface area contributed by atoms with Crippen molar-refractivity contribution in [3.63, 3.8) is 0 Å². The van der Waals surface area contributed by atoms with Crippen LogP contribution in [0.3, 0.4) is 0 Å². The first kappa shape index (κ1) is 18.8. The van der Waals surface area contributed by atoms with Gasteiger partial charge >= 0.3 is 0 Å². The first-order valence-corrected chi connectivity index (χ1v) is 8.74. The van der Waals surface area contributed by atoms with Gasteiger partial charge in [0, 0.05) is 18.8 Å². The molecule has 0 spiro atoms. The summed E-state index contributed by atoms with van der Waals surface area (Å²) in [5.74, 6) is -4.04. The Morgan fingerprint density at radius 3 is 2.58 bits per heavy atom. The summed E-state index contributed by atoms with van der Waals surface area (Å²) in [5, 5.41) is 2.28. The maximum Gasteiger partial charge on any atom is 0.275 e. The highest BCUT2D eigenvalue weighted by Gasteiger charge is 2.40. The number of halogens is 3. The number of rotatable bonds is 5. The minimum absolute atomic E-state index is 0.0329. The molecule has 6 nitrogen and oxygen atoms in total. The standard InChI is InChI=1S/C16H16F3N3O3S/c1-16(7-25-8-16)21-26(24)12-6-22(2)14(13(12)19)15(23)20-9-3-4-10(17)11(18)5-9/h3-6,21H,7-8H2,1-2H3,(H,20,23). The van der Waals surface area contributed by atoms with Crippen molar-refractivity contribution in [1.82, 2.24) is 9.29 Å². The average Bonchev–Trinajstić information content (AvgIpc) is 2.84. The lowest BCUT2D eigenvalue weighted by molar-refractivity contribution is -0.0523. The minimum atomic E-state index is -1.89. The summed E-state index contributed by atoms with van der Waals surface area (Å²) in [4.78, 5) is 12.1. The van der Waals surface area contributed by atoms with Crippen molar-refractivity contribution >= 4 is 23.0 Å². The third-order valence-electron chi connectivity index (χ3n) is 3.86. The third-order valence-corrected chi connectivity index (χ3v) is 5.22. The lowest BCUT2D eigenvalue weighted by Crippen LogP contribution is -2.59. The molecule has 1 amide bonds. The molecule has 0 radical (unpaired) electrons. The molecule has 0 bridgehead atoms. The van der Waals surface area contributed by atoms with Gasteiger partial charge in [-0.25, -0.2) is 8.78 Å².